The Morgan fingerprint density at radius 1 is 0.353 bits per heavy atom. The fourth-order valence-electron chi connectivity index (χ4n) is 5.16. The minimum absolute atomic E-state index is 0.0560. The zero-order chi connectivity index (χ0) is 24.8. The van der Waals surface area contributed by atoms with Crippen LogP contribution >= 0.6 is 0 Å². The third kappa shape index (κ3) is 30.0. The molecular weight excluding hydrogens is 416 g/mol. The Balaban J connectivity index is 3.12. The Kier molecular flexibility index (Phi) is 30.9. The molecule has 0 bridgehead atoms. The van der Waals surface area contributed by atoms with Gasteiger partial charge >= 0.3 is 0 Å². The first-order valence-corrected chi connectivity index (χ1v) is 16.1. The lowest BCUT2D eigenvalue weighted by atomic mass is 10.0. The largest absolute Gasteiger partial charge is 0.396 e. The normalized spacial score (nSPS) is 12.4. The predicted molar refractivity (Wildman–Crippen MR) is 153 cm³/mol. The van der Waals surface area contributed by atoms with E-state index in [1.54, 1.807) is 0 Å². The van der Waals surface area contributed by atoms with Crippen LogP contribution in [0.3, 0.4) is 0 Å². The molecule has 0 spiro atoms. The number of aliphatic hydroxyl groups excluding tert-OH is 2. The van der Waals surface area contributed by atoms with Crippen molar-refractivity contribution in [2.24, 2.45) is 0 Å². The predicted octanol–water partition coefficient (Wildman–Crippen LogP) is 10.7. The summed E-state index contributed by atoms with van der Waals surface area (Å²) < 4.78 is 0. The van der Waals surface area contributed by atoms with Crippen molar-refractivity contribution in [2.75, 3.05) is 6.61 Å². The van der Waals surface area contributed by atoms with Gasteiger partial charge in [0.15, 0.2) is 0 Å². The van der Waals surface area contributed by atoms with Gasteiger partial charge in [-0.3, -0.25) is 0 Å². The SMILES string of the molecule is CCCCCCCCCCCCCCCCCCCCC(O)CCCCCCCCCCCO. The molecule has 0 fully saturated rings. The highest BCUT2D eigenvalue weighted by Crippen LogP contribution is 2.16. The summed E-state index contributed by atoms with van der Waals surface area (Å²) in [5.41, 5.74) is 0. The maximum Gasteiger partial charge on any atom is 0.0540 e. The highest BCUT2D eigenvalue weighted by molar-refractivity contribution is 4.58. The smallest absolute Gasteiger partial charge is 0.0540 e. The van der Waals surface area contributed by atoms with Crippen LogP contribution in [0.1, 0.15) is 193 Å². The van der Waals surface area contributed by atoms with Gasteiger partial charge in [0.05, 0.1) is 6.10 Å². The standard InChI is InChI=1S/C32H66O2/c1-2-3-4-5-6-7-8-9-10-11-12-13-14-15-17-20-23-26-29-32(34)30-27-24-21-18-16-19-22-25-28-31-33/h32-34H,2-31H2,1H3. The van der Waals surface area contributed by atoms with Crippen molar-refractivity contribution >= 4 is 0 Å². The van der Waals surface area contributed by atoms with E-state index >= 15 is 0 Å². The fraction of sp³-hybridized carbons (Fsp3) is 1.00. The van der Waals surface area contributed by atoms with Crippen LogP contribution in [0.25, 0.3) is 0 Å². The van der Waals surface area contributed by atoms with Crippen molar-refractivity contribution in [3.05, 3.63) is 0 Å². The van der Waals surface area contributed by atoms with E-state index in [-0.39, 0.29) is 6.10 Å². The molecule has 0 saturated carbocycles. The van der Waals surface area contributed by atoms with Crippen molar-refractivity contribution in [3.8, 4) is 0 Å². The molecule has 0 aliphatic carbocycles. The summed E-state index contributed by atoms with van der Waals surface area (Å²) in [6.07, 6.45) is 38.7. The number of rotatable bonds is 30. The lowest BCUT2D eigenvalue weighted by Crippen LogP contribution is -2.05. The Morgan fingerprint density at radius 3 is 0.853 bits per heavy atom. The monoisotopic (exact) mass is 483 g/mol. The second-order valence-electron chi connectivity index (χ2n) is 11.1. The molecule has 0 rings (SSSR count). The molecule has 1 atom stereocenters. The summed E-state index contributed by atoms with van der Waals surface area (Å²) in [4.78, 5) is 0. The van der Waals surface area contributed by atoms with E-state index in [1.165, 1.54) is 167 Å². The van der Waals surface area contributed by atoms with Crippen molar-refractivity contribution in [1.29, 1.82) is 0 Å². The van der Waals surface area contributed by atoms with Crippen LogP contribution in [0.2, 0.25) is 0 Å². The van der Waals surface area contributed by atoms with E-state index in [2.05, 4.69) is 6.92 Å². The summed E-state index contributed by atoms with van der Waals surface area (Å²) in [6, 6.07) is 0. The van der Waals surface area contributed by atoms with Crippen LogP contribution in [0.5, 0.6) is 0 Å². The summed E-state index contributed by atoms with van der Waals surface area (Å²) >= 11 is 0. The molecule has 2 nitrogen and oxygen atoms in total. The molecule has 0 heterocycles. The van der Waals surface area contributed by atoms with Gasteiger partial charge in [-0.15, -0.1) is 0 Å². The average Bonchev–Trinajstić information content (AvgIpc) is 2.84. The lowest BCUT2D eigenvalue weighted by Gasteiger charge is -2.10. The topological polar surface area (TPSA) is 40.5 Å². The second-order valence-corrected chi connectivity index (χ2v) is 11.1. The minimum Gasteiger partial charge on any atom is -0.396 e. The van der Waals surface area contributed by atoms with E-state index in [0.29, 0.717) is 6.61 Å². The van der Waals surface area contributed by atoms with Gasteiger partial charge < -0.3 is 10.2 Å². The molecule has 0 radical (unpaired) electrons. The number of hydrogen-bond acceptors (Lipinski definition) is 2. The van der Waals surface area contributed by atoms with Gasteiger partial charge in [-0.1, -0.05) is 174 Å². The van der Waals surface area contributed by atoms with Crippen LogP contribution in [0, 0.1) is 0 Å². The highest BCUT2D eigenvalue weighted by Gasteiger charge is 2.04. The van der Waals surface area contributed by atoms with Crippen LogP contribution in [0.15, 0.2) is 0 Å². The highest BCUT2D eigenvalue weighted by atomic mass is 16.3. The summed E-state index contributed by atoms with van der Waals surface area (Å²) in [5, 5.41) is 19.0. The van der Waals surface area contributed by atoms with Gasteiger partial charge in [0.25, 0.3) is 0 Å². The molecule has 2 heteroatoms. The lowest BCUT2D eigenvalue weighted by molar-refractivity contribution is 0.147. The van der Waals surface area contributed by atoms with E-state index in [4.69, 9.17) is 5.11 Å². The van der Waals surface area contributed by atoms with Gasteiger partial charge in [0.2, 0.25) is 0 Å². The van der Waals surface area contributed by atoms with E-state index in [1.807, 2.05) is 0 Å². The van der Waals surface area contributed by atoms with Gasteiger partial charge in [0.1, 0.15) is 0 Å². The van der Waals surface area contributed by atoms with E-state index < -0.39 is 0 Å². The molecule has 0 aliphatic rings. The van der Waals surface area contributed by atoms with Crippen LogP contribution in [-0.2, 0) is 0 Å². The zero-order valence-electron chi connectivity index (χ0n) is 23.7. The van der Waals surface area contributed by atoms with E-state index in [9.17, 15) is 5.11 Å². The van der Waals surface area contributed by atoms with Crippen molar-refractivity contribution in [1.82, 2.24) is 0 Å². The summed E-state index contributed by atoms with van der Waals surface area (Å²) in [5.74, 6) is 0. The molecule has 1 unspecified atom stereocenters. The fourth-order valence-corrected chi connectivity index (χ4v) is 5.16. The van der Waals surface area contributed by atoms with Crippen LogP contribution in [0.4, 0.5) is 0 Å². The Morgan fingerprint density at radius 2 is 0.588 bits per heavy atom. The Bertz CT molecular complexity index is 344. The first kappa shape index (κ1) is 33.9. The molecule has 0 aliphatic heterocycles. The van der Waals surface area contributed by atoms with Gasteiger partial charge in [-0.2, -0.15) is 0 Å². The van der Waals surface area contributed by atoms with Crippen molar-refractivity contribution < 1.29 is 10.2 Å². The third-order valence-corrected chi connectivity index (χ3v) is 7.59. The maximum absolute atomic E-state index is 10.2. The first-order chi connectivity index (χ1) is 16.8. The molecule has 0 aromatic carbocycles. The van der Waals surface area contributed by atoms with Crippen molar-refractivity contribution in [2.45, 2.75) is 199 Å². The second kappa shape index (κ2) is 31.0. The third-order valence-electron chi connectivity index (χ3n) is 7.59. The van der Waals surface area contributed by atoms with Gasteiger partial charge in [-0.25, -0.2) is 0 Å². The number of hydrogen-bond donors (Lipinski definition) is 2. The number of aliphatic hydroxyl groups is 2. The zero-order valence-corrected chi connectivity index (χ0v) is 23.7. The molecule has 2 N–H and O–H groups in total. The Labute approximate surface area is 216 Å². The van der Waals surface area contributed by atoms with Gasteiger partial charge in [0, 0.05) is 6.61 Å². The molecule has 0 aromatic heterocycles. The average molecular weight is 483 g/mol. The Hall–Kier alpha value is -0.0800. The maximum atomic E-state index is 10.2. The molecular formula is C32H66O2. The summed E-state index contributed by atoms with van der Waals surface area (Å²) in [7, 11) is 0. The molecule has 34 heavy (non-hydrogen) atoms. The molecule has 206 valence electrons. The molecule has 0 saturated heterocycles. The van der Waals surface area contributed by atoms with Crippen LogP contribution < -0.4 is 0 Å². The summed E-state index contributed by atoms with van der Waals surface area (Å²) in [6.45, 7) is 2.64. The van der Waals surface area contributed by atoms with Crippen LogP contribution in [-0.4, -0.2) is 22.9 Å². The van der Waals surface area contributed by atoms with Gasteiger partial charge in [-0.05, 0) is 19.3 Å². The van der Waals surface area contributed by atoms with E-state index in [0.717, 1.165) is 19.3 Å². The number of unbranched alkanes of at least 4 members (excludes halogenated alkanes) is 25. The quantitative estimate of drug-likeness (QED) is 0.0999. The minimum atomic E-state index is -0.0560. The first-order valence-electron chi connectivity index (χ1n) is 16.1. The molecule has 0 amide bonds. The van der Waals surface area contributed by atoms with Crippen molar-refractivity contribution in [3.63, 3.8) is 0 Å². The molecule has 0 aromatic rings.